The maximum absolute atomic E-state index is 5.36. The summed E-state index contributed by atoms with van der Waals surface area (Å²) in [6, 6.07) is 0. The number of nitrogens with one attached hydrogen (secondary N) is 2. The predicted molar refractivity (Wildman–Crippen MR) is 105 cm³/mol. The lowest BCUT2D eigenvalue weighted by Crippen LogP contribution is -2.27. The fraction of sp³-hybridized carbons (Fsp3) is 0.412. The molecule has 0 aliphatic rings. The minimum absolute atomic E-state index is 0.558. The molecule has 0 saturated heterocycles. The lowest BCUT2D eigenvalue weighted by Gasteiger charge is -2.08. The number of nitrogens with zero attached hydrogens (tertiary/aromatic N) is 6. The van der Waals surface area contributed by atoms with E-state index in [1.54, 1.807) is 6.20 Å². The van der Waals surface area contributed by atoms with Gasteiger partial charge in [0.1, 0.15) is 0 Å². The molecule has 0 unspecified atom stereocenters. The first-order chi connectivity index (χ1) is 12.5. The van der Waals surface area contributed by atoms with Crippen molar-refractivity contribution in [2.45, 2.75) is 40.4 Å². The Kier molecular flexibility index (Phi) is 5.36. The second kappa shape index (κ2) is 7.69. The van der Waals surface area contributed by atoms with Crippen molar-refractivity contribution < 1.29 is 0 Å². The minimum Gasteiger partial charge on any atom is -0.358 e. The number of thiocarbonyl (C=S) groups is 1. The van der Waals surface area contributed by atoms with Crippen molar-refractivity contribution in [3.63, 3.8) is 0 Å². The Morgan fingerprint density at radius 1 is 1.08 bits per heavy atom. The number of aryl methyl sites for hydroxylation is 2. The molecule has 3 aromatic heterocycles. The van der Waals surface area contributed by atoms with Gasteiger partial charge in [-0.2, -0.15) is 15.3 Å². The first kappa shape index (κ1) is 18.1. The van der Waals surface area contributed by atoms with Crippen LogP contribution in [0.25, 0.3) is 0 Å². The molecular weight excluding hydrogens is 348 g/mol. The van der Waals surface area contributed by atoms with Crippen molar-refractivity contribution in [2.75, 3.05) is 5.32 Å². The maximum atomic E-state index is 5.36. The van der Waals surface area contributed by atoms with Gasteiger partial charge in [-0.25, -0.2) is 0 Å². The van der Waals surface area contributed by atoms with Crippen LogP contribution in [0.1, 0.15) is 29.4 Å². The van der Waals surface area contributed by atoms with Crippen LogP contribution in [0.2, 0.25) is 0 Å². The van der Waals surface area contributed by atoms with E-state index >= 15 is 0 Å². The van der Waals surface area contributed by atoms with Gasteiger partial charge in [-0.15, -0.1) is 0 Å². The van der Waals surface area contributed by atoms with Crippen molar-refractivity contribution in [3.8, 4) is 0 Å². The fourth-order valence-electron chi connectivity index (χ4n) is 2.72. The normalized spacial score (nSPS) is 10.9. The van der Waals surface area contributed by atoms with Crippen LogP contribution in [0.4, 0.5) is 5.69 Å². The van der Waals surface area contributed by atoms with E-state index in [2.05, 4.69) is 39.8 Å². The van der Waals surface area contributed by atoms with Gasteiger partial charge < -0.3 is 10.6 Å². The van der Waals surface area contributed by atoms with Gasteiger partial charge in [0.05, 0.1) is 30.8 Å². The van der Waals surface area contributed by atoms with Gasteiger partial charge in [0, 0.05) is 48.8 Å². The molecule has 0 radical (unpaired) electrons. The van der Waals surface area contributed by atoms with E-state index in [-0.39, 0.29) is 0 Å². The summed E-state index contributed by atoms with van der Waals surface area (Å²) in [4.78, 5) is 0. The molecule has 0 bridgehead atoms. The average molecular weight is 373 g/mol. The summed E-state index contributed by atoms with van der Waals surface area (Å²) >= 11 is 5.36. The van der Waals surface area contributed by atoms with Gasteiger partial charge in [-0.3, -0.25) is 14.0 Å². The van der Waals surface area contributed by atoms with Crippen LogP contribution in [0.15, 0.2) is 24.8 Å². The maximum Gasteiger partial charge on any atom is 0.171 e. The minimum atomic E-state index is 0.558. The first-order valence-electron chi connectivity index (χ1n) is 8.54. The second-order valence-corrected chi connectivity index (χ2v) is 6.59. The lowest BCUT2D eigenvalue weighted by molar-refractivity contribution is 0.633. The van der Waals surface area contributed by atoms with E-state index in [0.717, 1.165) is 29.1 Å². The highest BCUT2D eigenvalue weighted by Crippen LogP contribution is 2.12. The van der Waals surface area contributed by atoms with Gasteiger partial charge in [-0.1, -0.05) is 0 Å². The molecule has 0 aromatic carbocycles. The average Bonchev–Trinajstić information content (AvgIpc) is 3.29. The van der Waals surface area contributed by atoms with Crippen molar-refractivity contribution in [1.29, 1.82) is 0 Å². The van der Waals surface area contributed by atoms with Crippen LogP contribution in [0.5, 0.6) is 0 Å². The lowest BCUT2D eigenvalue weighted by atomic mass is 10.2. The van der Waals surface area contributed by atoms with Crippen LogP contribution in [0, 0.1) is 13.8 Å². The number of aromatic nitrogens is 6. The smallest absolute Gasteiger partial charge is 0.171 e. The zero-order valence-electron chi connectivity index (χ0n) is 15.5. The van der Waals surface area contributed by atoms with Crippen LogP contribution in [-0.4, -0.2) is 34.5 Å². The monoisotopic (exact) mass is 372 g/mol. The molecule has 138 valence electrons. The molecule has 8 nitrogen and oxygen atoms in total. The van der Waals surface area contributed by atoms with Crippen molar-refractivity contribution in [3.05, 3.63) is 47.3 Å². The number of anilines is 1. The molecule has 0 saturated carbocycles. The number of hydrogen-bond donors (Lipinski definition) is 2. The number of hydrogen-bond acceptors (Lipinski definition) is 4. The molecular formula is C17H24N8S. The van der Waals surface area contributed by atoms with Crippen LogP contribution in [-0.2, 0) is 26.7 Å². The van der Waals surface area contributed by atoms with E-state index in [1.807, 2.05) is 46.6 Å². The summed E-state index contributed by atoms with van der Waals surface area (Å²) in [6.07, 6.45) is 7.45. The molecule has 3 heterocycles. The summed E-state index contributed by atoms with van der Waals surface area (Å²) in [5.41, 5.74) is 5.42. The van der Waals surface area contributed by atoms with Crippen LogP contribution in [0.3, 0.4) is 0 Å². The summed E-state index contributed by atoms with van der Waals surface area (Å²) in [7, 11) is 1.93. The molecule has 0 aliphatic heterocycles. The van der Waals surface area contributed by atoms with Crippen LogP contribution < -0.4 is 10.6 Å². The zero-order chi connectivity index (χ0) is 18.7. The highest BCUT2D eigenvalue weighted by Gasteiger charge is 2.08. The van der Waals surface area contributed by atoms with Gasteiger partial charge in [0.15, 0.2) is 5.11 Å². The molecule has 3 rings (SSSR count). The highest BCUT2D eigenvalue weighted by atomic mass is 32.1. The second-order valence-electron chi connectivity index (χ2n) is 6.18. The summed E-state index contributed by atoms with van der Waals surface area (Å²) in [5, 5.41) is 19.9. The van der Waals surface area contributed by atoms with E-state index < -0.39 is 0 Å². The Bertz CT molecular complexity index is 904. The van der Waals surface area contributed by atoms with Crippen LogP contribution >= 0.6 is 12.2 Å². The molecule has 26 heavy (non-hydrogen) atoms. The fourth-order valence-corrected chi connectivity index (χ4v) is 2.91. The van der Waals surface area contributed by atoms with Crippen molar-refractivity contribution >= 4 is 23.0 Å². The van der Waals surface area contributed by atoms with Gasteiger partial charge in [0.2, 0.25) is 0 Å². The summed E-state index contributed by atoms with van der Waals surface area (Å²) in [5.74, 6) is 0. The predicted octanol–water partition coefficient (Wildman–Crippen LogP) is 1.98. The van der Waals surface area contributed by atoms with Gasteiger partial charge in [-0.05, 0) is 33.0 Å². The van der Waals surface area contributed by atoms with Crippen molar-refractivity contribution in [2.24, 2.45) is 7.05 Å². The molecule has 0 atom stereocenters. The largest absolute Gasteiger partial charge is 0.358 e. The summed E-state index contributed by atoms with van der Waals surface area (Å²) in [6.45, 7) is 8.38. The third-order valence-corrected chi connectivity index (χ3v) is 4.75. The number of rotatable bonds is 6. The molecule has 0 spiro atoms. The van der Waals surface area contributed by atoms with E-state index in [9.17, 15) is 0 Å². The zero-order valence-corrected chi connectivity index (χ0v) is 16.3. The Morgan fingerprint density at radius 2 is 1.85 bits per heavy atom. The molecule has 0 amide bonds. The Morgan fingerprint density at radius 3 is 2.50 bits per heavy atom. The van der Waals surface area contributed by atoms with E-state index in [0.29, 0.717) is 18.2 Å². The molecule has 0 fully saturated rings. The van der Waals surface area contributed by atoms with Gasteiger partial charge in [0.25, 0.3) is 0 Å². The van der Waals surface area contributed by atoms with E-state index in [1.165, 1.54) is 5.69 Å². The standard InChI is InChI=1S/C17H24N8S/c1-5-25-13(3)15(8-21-25)10-24-11-16(9-20-24)22-17(26)18-6-14-7-19-23(4)12(14)2/h7-9,11H,5-6,10H2,1-4H3,(H2,18,22,26). The Hall–Kier alpha value is -2.68. The van der Waals surface area contributed by atoms with E-state index in [4.69, 9.17) is 12.2 Å². The Balaban J connectivity index is 1.55. The SMILES string of the molecule is CCn1ncc(Cn2cc(NC(=S)NCc3cnn(C)c3C)cn2)c1C. The first-order valence-corrected chi connectivity index (χ1v) is 8.94. The Labute approximate surface area is 158 Å². The highest BCUT2D eigenvalue weighted by molar-refractivity contribution is 7.80. The van der Waals surface area contributed by atoms with Crippen molar-refractivity contribution in [1.82, 2.24) is 34.7 Å². The van der Waals surface area contributed by atoms with Gasteiger partial charge >= 0.3 is 0 Å². The molecule has 2 N–H and O–H groups in total. The molecule has 9 heteroatoms. The topological polar surface area (TPSA) is 77.5 Å². The quantitative estimate of drug-likeness (QED) is 0.645. The molecule has 3 aromatic rings. The third-order valence-electron chi connectivity index (χ3n) is 4.50. The third kappa shape index (κ3) is 3.93. The summed E-state index contributed by atoms with van der Waals surface area (Å²) < 4.78 is 5.71. The molecule has 0 aliphatic carbocycles.